The number of rotatable bonds is 4. The van der Waals surface area contributed by atoms with Gasteiger partial charge < -0.3 is 15.0 Å². The smallest absolute Gasteiger partial charge is 0.409 e. The molecule has 146 valence electrons. The first-order valence-electron chi connectivity index (χ1n) is 10.5. The average Bonchev–Trinajstić information content (AvgIpc) is 2.60. The summed E-state index contributed by atoms with van der Waals surface area (Å²) in [7, 11) is 0. The molecule has 5 aliphatic rings. The predicted octanol–water partition coefficient (Wildman–Crippen LogP) is 2.23. The maximum atomic E-state index is 13.0. The zero-order valence-electron chi connectivity index (χ0n) is 16.2. The van der Waals surface area contributed by atoms with Crippen LogP contribution in [0.15, 0.2) is 0 Å². The van der Waals surface area contributed by atoms with Crippen LogP contribution in [0.1, 0.15) is 52.4 Å². The Hall–Kier alpha value is -1.30. The lowest BCUT2D eigenvalue weighted by molar-refractivity contribution is -0.132. The van der Waals surface area contributed by atoms with E-state index in [1.807, 2.05) is 13.8 Å². The van der Waals surface area contributed by atoms with E-state index in [1.165, 1.54) is 38.5 Å². The van der Waals surface area contributed by atoms with E-state index < -0.39 is 0 Å². The minimum Gasteiger partial charge on any atom is -0.450 e. The van der Waals surface area contributed by atoms with E-state index in [0.29, 0.717) is 19.7 Å². The van der Waals surface area contributed by atoms with Crippen LogP contribution < -0.4 is 5.32 Å². The van der Waals surface area contributed by atoms with Crippen LogP contribution in [-0.4, -0.2) is 66.2 Å². The Labute approximate surface area is 156 Å². The molecular formula is C20H33N3O3. The summed E-state index contributed by atoms with van der Waals surface area (Å²) in [6.45, 7) is 6.97. The molecule has 4 saturated carbocycles. The van der Waals surface area contributed by atoms with Crippen LogP contribution in [0.5, 0.6) is 0 Å². The molecule has 6 heteroatoms. The number of nitrogens with zero attached hydrogens (tertiary/aromatic N) is 2. The van der Waals surface area contributed by atoms with Gasteiger partial charge in [-0.05, 0) is 70.1 Å². The Morgan fingerprint density at radius 1 is 1.04 bits per heavy atom. The lowest BCUT2D eigenvalue weighted by atomic mass is 9.53. The van der Waals surface area contributed by atoms with Crippen molar-refractivity contribution in [1.82, 2.24) is 15.1 Å². The van der Waals surface area contributed by atoms with E-state index in [1.54, 1.807) is 4.90 Å². The Kier molecular flexibility index (Phi) is 4.88. The Morgan fingerprint density at radius 2 is 1.58 bits per heavy atom. The highest BCUT2D eigenvalue weighted by Crippen LogP contribution is 2.55. The fraction of sp³-hybridized carbons (Fsp3) is 0.900. The molecule has 4 aliphatic carbocycles. The van der Waals surface area contributed by atoms with Crippen molar-refractivity contribution < 1.29 is 14.3 Å². The van der Waals surface area contributed by atoms with Gasteiger partial charge in [0.15, 0.2) is 0 Å². The maximum Gasteiger partial charge on any atom is 0.409 e. The van der Waals surface area contributed by atoms with Crippen molar-refractivity contribution >= 4 is 12.0 Å². The Balaban J connectivity index is 1.31. The third-order valence-corrected chi connectivity index (χ3v) is 7.19. The number of piperazine rings is 1. The summed E-state index contributed by atoms with van der Waals surface area (Å²) in [4.78, 5) is 28.8. The molecule has 1 N–H and O–H groups in total. The van der Waals surface area contributed by atoms with Gasteiger partial charge in [0.2, 0.25) is 5.91 Å². The summed E-state index contributed by atoms with van der Waals surface area (Å²) in [6, 6.07) is -0.132. The molecule has 0 radical (unpaired) electrons. The van der Waals surface area contributed by atoms with Crippen molar-refractivity contribution in [2.75, 3.05) is 32.8 Å². The molecule has 0 spiro atoms. The highest BCUT2D eigenvalue weighted by molar-refractivity contribution is 5.82. The number of carbonyl (C=O) groups is 2. The van der Waals surface area contributed by atoms with Gasteiger partial charge in [0.05, 0.1) is 12.6 Å². The summed E-state index contributed by atoms with van der Waals surface area (Å²) in [5.74, 6) is 2.69. The molecule has 26 heavy (non-hydrogen) atoms. The SMILES string of the molecule is CCOC(=O)N1CCN(C(C)C(=O)NC23CC4CC(CC(C4)C2)C3)CC1. The molecule has 0 aromatic rings. The lowest BCUT2D eigenvalue weighted by Gasteiger charge is -2.57. The fourth-order valence-electron chi connectivity index (χ4n) is 6.30. The minimum absolute atomic E-state index is 0.0762. The summed E-state index contributed by atoms with van der Waals surface area (Å²) < 4.78 is 5.07. The minimum atomic E-state index is -0.238. The molecule has 5 fully saturated rings. The van der Waals surface area contributed by atoms with Gasteiger partial charge >= 0.3 is 6.09 Å². The topological polar surface area (TPSA) is 61.9 Å². The summed E-state index contributed by atoms with van der Waals surface area (Å²) in [5.41, 5.74) is 0.0762. The molecule has 0 aromatic heterocycles. The van der Waals surface area contributed by atoms with Crippen molar-refractivity contribution in [1.29, 1.82) is 0 Å². The van der Waals surface area contributed by atoms with Crippen molar-refractivity contribution in [2.45, 2.75) is 64.0 Å². The van der Waals surface area contributed by atoms with E-state index in [9.17, 15) is 9.59 Å². The predicted molar refractivity (Wildman–Crippen MR) is 98.7 cm³/mol. The molecule has 2 amide bonds. The van der Waals surface area contributed by atoms with Crippen LogP contribution in [0.3, 0.4) is 0 Å². The number of carbonyl (C=O) groups excluding carboxylic acids is 2. The monoisotopic (exact) mass is 363 g/mol. The molecular weight excluding hydrogens is 330 g/mol. The molecule has 1 saturated heterocycles. The molecule has 0 aromatic carbocycles. The van der Waals surface area contributed by atoms with Crippen LogP contribution in [-0.2, 0) is 9.53 Å². The van der Waals surface area contributed by atoms with Crippen molar-refractivity contribution in [2.24, 2.45) is 17.8 Å². The third-order valence-electron chi connectivity index (χ3n) is 7.19. The first kappa shape index (κ1) is 18.1. The molecule has 1 heterocycles. The molecule has 1 atom stereocenters. The van der Waals surface area contributed by atoms with Gasteiger partial charge in [-0.15, -0.1) is 0 Å². The van der Waals surface area contributed by atoms with Gasteiger partial charge in [0, 0.05) is 31.7 Å². The zero-order valence-corrected chi connectivity index (χ0v) is 16.2. The van der Waals surface area contributed by atoms with E-state index in [2.05, 4.69) is 10.2 Å². The van der Waals surface area contributed by atoms with E-state index in [4.69, 9.17) is 4.74 Å². The van der Waals surface area contributed by atoms with Crippen LogP contribution in [0, 0.1) is 17.8 Å². The average molecular weight is 364 g/mol. The zero-order chi connectivity index (χ0) is 18.3. The first-order chi connectivity index (χ1) is 12.5. The Bertz CT molecular complexity index is 521. The second-order valence-electron chi connectivity index (χ2n) is 9.09. The second kappa shape index (κ2) is 7.02. The Morgan fingerprint density at radius 3 is 2.08 bits per heavy atom. The van der Waals surface area contributed by atoms with E-state index in [-0.39, 0.29) is 23.6 Å². The molecule has 1 unspecified atom stereocenters. The van der Waals surface area contributed by atoms with Crippen LogP contribution >= 0.6 is 0 Å². The van der Waals surface area contributed by atoms with Crippen LogP contribution in [0.2, 0.25) is 0 Å². The van der Waals surface area contributed by atoms with E-state index in [0.717, 1.165) is 30.8 Å². The number of hydrogen-bond donors (Lipinski definition) is 1. The van der Waals surface area contributed by atoms with Gasteiger partial charge in [-0.25, -0.2) is 4.79 Å². The first-order valence-corrected chi connectivity index (χ1v) is 10.5. The van der Waals surface area contributed by atoms with Crippen molar-refractivity contribution in [3.05, 3.63) is 0 Å². The molecule has 6 nitrogen and oxygen atoms in total. The lowest BCUT2D eigenvalue weighted by Crippen LogP contribution is -2.63. The molecule has 1 aliphatic heterocycles. The largest absolute Gasteiger partial charge is 0.450 e. The molecule has 4 bridgehead atoms. The summed E-state index contributed by atoms with van der Waals surface area (Å²) in [5, 5.41) is 3.49. The van der Waals surface area contributed by atoms with Gasteiger partial charge in [0.1, 0.15) is 0 Å². The number of ether oxygens (including phenoxy) is 1. The quantitative estimate of drug-likeness (QED) is 0.832. The van der Waals surface area contributed by atoms with Gasteiger partial charge in [-0.2, -0.15) is 0 Å². The third kappa shape index (κ3) is 3.45. The van der Waals surface area contributed by atoms with Gasteiger partial charge in [0.25, 0.3) is 0 Å². The maximum absolute atomic E-state index is 13.0. The number of hydrogen-bond acceptors (Lipinski definition) is 4. The van der Waals surface area contributed by atoms with E-state index >= 15 is 0 Å². The van der Waals surface area contributed by atoms with Crippen molar-refractivity contribution in [3.8, 4) is 0 Å². The standard InChI is InChI=1S/C20H33N3O3/c1-3-26-19(25)23-6-4-22(5-7-23)14(2)18(24)21-20-11-15-8-16(12-20)10-17(9-15)13-20/h14-17H,3-13H2,1-2H3,(H,21,24). The summed E-state index contributed by atoms with van der Waals surface area (Å²) >= 11 is 0. The number of nitrogens with one attached hydrogen (secondary N) is 1. The van der Waals surface area contributed by atoms with Gasteiger partial charge in [-0.1, -0.05) is 0 Å². The normalized spacial score (nSPS) is 37.5. The van der Waals surface area contributed by atoms with Crippen LogP contribution in [0.25, 0.3) is 0 Å². The fourth-order valence-corrected chi connectivity index (χ4v) is 6.30. The highest BCUT2D eigenvalue weighted by Gasteiger charge is 2.51. The number of amides is 2. The summed E-state index contributed by atoms with van der Waals surface area (Å²) in [6.07, 6.45) is 7.50. The second-order valence-corrected chi connectivity index (χ2v) is 9.09. The van der Waals surface area contributed by atoms with Crippen molar-refractivity contribution in [3.63, 3.8) is 0 Å². The van der Waals surface area contributed by atoms with Gasteiger partial charge in [-0.3, -0.25) is 9.69 Å². The van der Waals surface area contributed by atoms with Crippen LogP contribution in [0.4, 0.5) is 4.79 Å². The molecule has 5 rings (SSSR count). The highest BCUT2D eigenvalue weighted by atomic mass is 16.6.